The van der Waals surface area contributed by atoms with E-state index in [1.165, 1.54) is 0 Å². The molecule has 5 rings (SSSR count). The summed E-state index contributed by atoms with van der Waals surface area (Å²) in [6.45, 7) is 6.38. The van der Waals surface area contributed by atoms with Crippen molar-refractivity contribution < 1.29 is 4.74 Å². The number of benzene rings is 1. The summed E-state index contributed by atoms with van der Waals surface area (Å²) in [6.07, 6.45) is 4.78. The summed E-state index contributed by atoms with van der Waals surface area (Å²) in [5.41, 5.74) is 3.55. The van der Waals surface area contributed by atoms with E-state index in [4.69, 9.17) is 14.7 Å². The van der Waals surface area contributed by atoms with Gasteiger partial charge in [-0.3, -0.25) is 9.36 Å². The van der Waals surface area contributed by atoms with Crippen LogP contribution in [0.1, 0.15) is 33.1 Å². The number of aryl methyl sites for hydroxylation is 1. The van der Waals surface area contributed by atoms with E-state index in [-0.39, 0.29) is 11.7 Å². The lowest BCUT2D eigenvalue weighted by Gasteiger charge is -2.12. The monoisotopic (exact) mass is 391 g/mol. The summed E-state index contributed by atoms with van der Waals surface area (Å²) in [4.78, 5) is 27.7. The van der Waals surface area contributed by atoms with Crippen molar-refractivity contribution in [2.24, 2.45) is 5.92 Å². The molecule has 1 saturated heterocycles. The Bertz CT molecular complexity index is 1250. The Hall–Kier alpha value is -2.80. The molecule has 1 aliphatic heterocycles. The van der Waals surface area contributed by atoms with E-state index in [1.807, 2.05) is 28.8 Å². The van der Waals surface area contributed by atoms with E-state index in [0.717, 1.165) is 36.9 Å². The van der Waals surface area contributed by atoms with Crippen LogP contribution < -0.4 is 5.56 Å². The van der Waals surface area contributed by atoms with Gasteiger partial charge in [0.2, 0.25) is 0 Å². The molecule has 0 N–H and O–H groups in total. The number of para-hydroxylation sites is 2. The molecule has 3 aromatic heterocycles. The second-order valence-electron chi connectivity index (χ2n) is 8.25. The first kappa shape index (κ1) is 18.2. The van der Waals surface area contributed by atoms with Crippen LogP contribution >= 0.6 is 0 Å². The highest BCUT2D eigenvalue weighted by atomic mass is 16.5. The Morgan fingerprint density at radius 3 is 2.69 bits per heavy atom. The number of hydrogen-bond acceptors (Lipinski definition) is 5. The molecule has 1 aliphatic rings. The molecule has 0 radical (unpaired) electrons. The van der Waals surface area contributed by atoms with Gasteiger partial charge >= 0.3 is 0 Å². The molecule has 1 unspecified atom stereocenters. The van der Waals surface area contributed by atoms with Crippen molar-refractivity contribution in [2.45, 2.75) is 52.3 Å². The molecule has 7 heteroatoms. The van der Waals surface area contributed by atoms with Gasteiger partial charge in [0.25, 0.3) is 5.56 Å². The lowest BCUT2D eigenvalue weighted by Crippen LogP contribution is -2.22. The highest BCUT2D eigenvalue weighted by molar-refractivity contribution is 6.04. The van der Waals surface area contributed by atoms with Crippen LogP contribution in [0.2, 0.25) is 0 Å². The van der Waals surface area contributed by atoms with Crippen LogP contribution in [0.5, 0.6) is 0 Å². The number of hydrogen-bond donors (Lipinski definition) is 0. The minimum atomic E-state index is -0.0451. The molecular weight excluding hydrogens is 366 g/mol. The summed E-state index contributed by atoms with van der Waals surface area (Å²) < 4.78 is 9.58. The number of ether oxygens (including phenoxy) is 1. The molecule has 150 valence electrons. The highest BCUT2D eigenvalue weighted by Gasteiger charge is 2.23. The Labute approximate surface area is 168 Å². The van der Waals surface area contributed by atoms with Gasteiger partial charge in [0.15, 0.2) is 11.3 Å². The summed E-state index contributed by atoms with van der Waals surface area (Å²) >= 11 is 0. The Balaban J connectivity index is 1.76. The lowest BCUT2D eigenvalue weighted by atomic mass is 10.1. The molecule has 29 heavy (non-hydrogen) atoms. The average Bonchev–Trinajstić information content (AvgIpc) is 3.33. The van der Waals surface area contributed by atoms with Crippen molar-refractivity contribution in [3.8, 4) is 0 Å². The first-order valence-corrected chi connectivity index (χ1v) is 10.4. The van der Waals surface area contributed by atoms with Crippen molar-refractivity contribution in [1.29, 1.82) is 0 Å². The van der Waals surface area contributed by atoms with Gasteiger partial charge in [-0.1, -0.05) is 26.0 Å². The fourth-order valence-corrected chi connectivity index (χ4v) is 4.06. The van der Waals surface area contributed by atoms with Crippen LogP contribution in [0.15, 0.2) is 35.4 Å². The topological polar surface area (TPSA) is 74.8 Å². The normalized spacial score (nSPS) is 17.3. The smallest absolute Gasteiger partial charge is 0.265 e. The zero-order chi connectivity index (χ0) is 20.0. The first-order valence-electron chi connectivity index (χ1n) is 10.4. The molecular formula is C22H25N5O2. The van der Waals surface area contributed by atoms with Crippen LogP contribution in [0.3, 0.4) is 0 Å². The third-order valence-electron chi connectivity index (χ3n) is 5.68. The molecule has 0 bridgehead atoms. The third-order valence-corrected chi connectivity index (χ3v) is 5.68. The van der Waals surface area contributed by atoms with E-state index < -0.39 is 0 Å². The predicted molar refractivity (Wildman–Crippen MR) is 113 cm³/mol. The lowest BCUT2D eigenvalue weighted by molar-refractivity contribution is 0.0987. The fraction of sp³-hybridized carbons (Fsp3) is 0.455. The van der Waals surface area contributed by atoms with Crippen molar-refractivity contribution in [1.82, 2.24) is 24.1 Å². The van der Waals surface area contributed by atoms with Gasteiger partial charge in [-0.05, 0) is 37.3 Å². The number of aromatic nitrogens is 5. The SMILES string of the molecule is CC(C)CCn1cnc2c(c1=O)c1nc3ccccc3nc1n2CC1CCCO1. The number of fused-ring (bicyclic) bond motifs is 4. The van der Waals surface area contributed by atoms with Gasteiger partial charge in [-0.15, -0.1) is 0 Å². The van der Waals surface area contributed by atoms with Gasteiger partial charge < -0.3 is 9.30 Å². The Morgan fingerprint density at radius 2 is 1.97 bits per heavy atom. The highest BCUT2D eigenvalue weighted by Crippen LogP contribution is 2.27. The minimum Gasteiger partial charge on any atom is -0.376 e. The molecule has 1 fully saturated rings. The van der Waals surface area contributed by atoms with Gasteiger partial charge in [0, 0.05) is 13.2 Å². The molecule has 0 saturated carbocycles. The van der Waals surface area contributed by atoms with Crippen molar-refractivity contribution in [2.75, 3.05) is 6.61 Å². The zero-order valence-electron chi connectivity index (χ0n) is 16.8. The summed E-state index contributed by atoms with van der Waals surface area (Å²) in [5.74, 6) is 0.516. The van der Waals surface area contributed by atoms with Gasteiger partial charge in [-0.25, -0.2) is 15.0 Å². The van der Waals surface area contributed by atoms with Crippen LogP contribution in [-0.2, 0) is 17.8 Å². The standard InChI is InChI=1S/C22H25N5O2/c1-14(2)9-10-26-13-23-20-18(22(26)28)19-21(27(20)12-15-6-5-11-29-15)25-17-8-4-3-7-16(17)24-19/h3-4,7-8,13-15H,5-6,9-12H2,1-2H3. The average molecular weight is 391 g/mol. The number of nitrogens with zero attached hydrogens (tertiary/aromatic N) is 5. The third kappa shape index (κ3) is 3.19. The molecule has 0 amide bonds. The molecule has 0 spiro atoms. The first-order chi connectivity index (χ1) is 14.1. The van der Waals surface area contributed by atoms with E-state index in [0.29, 0.717) is 41.2 Å². The van der Waals surface area contributed by atoms with E-state index in [2.05, 4.69) is 18.8 Å². The predicted octanol–water partition coefficient (Wildman–Crippen LogP) is 3.52. The second-order valence-corrected chi connectivity index (χ2v) is 8.25. The maximum absolute atomic E-state index is 13.4. The maximum Gasteiger partial charge on any atom is 0.265 e. The van der Waals surface area contributed by atoms with Gasteiger partial charge in [-0.2, -0.15) is 0 Å². The van der Waals surface area contributed by atoms with Gasteiger partial charge in [0.05, 0.1) is 30.0 Å². The Morgan fingerprint density at radius 1 is 1.17 bits per heavy atom. The van der Waals surface area contributed by atoms with Crippen LogP contribution in [0.4, 0.5) is 0 Å². The van der Waals surface area contributed by atoms with Gasteiger partial charge in [0.1, 0.15) is 10.9 Å². The summed E-state index contributed by atoms with van der Waals surface area (Å²) in [7, 11) is 0. The van der Waals surface area contributed by atoms with Crippen molar-refractivity contribution in [3.05, 3.63) is 40.9 Å². The molecule has 0 aliphatic carbocycles. The van der Waals surface area contributed by atoms with Crippen LogP contribution in [0.25, 0.3) is 33.2 Å². The minimum absolute atomic E-state index is 0.0451. The quantitative estimate of drug-likeness (QED) is 0.520. The maximum atomic E-state index is 13.4. The van der Waals surface area contributed by atoms with E-state index in [1.54, 1.807) is 10.9 Å². The fourth-order valence-electron chi connectivity index (χ4n) is 4.06. The van der Waals surface area contributed by atoms with Crippen molar-refractivity contribution >= 4 is 33.2 Å². The van der Waals surface area contributed by atoms with E-state index >= 15 is 0 Å². The molecule has 4 aromatic rings. The molecule has 7 nitrogen and oxygen atoms in total. The van der Waals surface area contributed by atoms with E-state index in [9.17, 15) is 4.79 Å². The summed E-state index contributed by atoms with van der Waals surface area (Å²) in [5, 5.41) is 0.558. The summed E-state index contributed by atoms with van der Waals surface area (Å²) in [6, 6.07) is 7.77. The second kappa shape index (κ2) is 7.22. The molecule has 4 heterocycles. The van der Waals surface area contributed by atoms with Crippen LogP contribution in [0, 0.1) is 5.92 Å². The largest absolute Gasteiger partial charge is 0.376 e. The Kier molecular flexibility index (Phi) is 4.54. The molecule has 1 atom stereocenters. The van der Waals surface area contributed by atoms with Crippen molar-refractivity contribution in [3.63, 3.8) is 0 Å². The molecule has 1 aromatic carbocycles. The number of rotatable bonds is 5. The van der Waals surface area contributed by atoms with Crippen LogP contribution in [-0.4, -0.2) is 36.8 Å². The zero-order valence-corrected chi connectivity index (χ0v) is 16.8.